The zero-order valence-corrected chi connectivity index (χ0v) is 17.1. The minimum Gasteiger partial charge on any atom is -0.352 e. The normalized spacial score (nSPS) is 18.4. The Morgan fingerprint density at radius 3 is 2.53 bits per heavy atom. The van der Waals surface area contributed by atoms with Crippen LogP contribution in [0.3, 0.4) is 0 Å². The van der Waals surface area contributed by atoms with Gasteiger partial charge < -0.3 is 14.8 Å². The van der Waals surface area contributed by atoms with Crippen molar-refractivity contribution in [3.8, 4) is 5.69 Å². The summed E-state index contributed by atoms with van der Waals surface area (Å²) in [6.07, 6.45) is 7.61. The summed E-state index contributed by atoms with van der Waals surface area (Å²) in [5.41, 5.74) is 4.37. The third-order valence-electron chi connectivity index (χ3n) is 5.39. The maximum atomic E-state index is 5.79. The summed E-state index contributed by atoms with van der Waals surface area (Å²) in [5, 5.41) is 4.24. The third-order valence-corrected chi connectivity index (χ3v) is 5.74. The molecule has 0 saturated carbocycles. The van der Waals surface area contributed by atoms with E-state index in [1.165, 1.54) is 0 Å². The van der Waals surface area contributed by atoms with E-state index in [1.807, 2.05) is 36.7 Å². The van der Waals surface area contributed by atoms with Gasteiger partial charge in [-0.15, -0.1) is 0 Å². The molecule has 4 heterocycles. The fourth-order valence-electron chi connectivity index (χ4n) is 4.04. The van der Waals surface area contributed by atoms with Crippen LogP contribution >= 0.6 is 12.2 Å². The number of hydrogen-bond donors (Lipinski definition) is 1. The van der Waals surface area contributed by atoms with Gasteiger partial charge in [0.2, 0.25) is 0 Å². The second-order valence-corrected chi connectivity index (χ2v) is 7.64. The molecule has 1 N–H and O–H groups in total. The predicted molar refractivity (Wildman–Crippen MR) is 121 cm³/mol. The van der Waals surface area contributed by atoms with Crippen molar-refractivity contribution in [1.29, 1.82) is 0 Å². The summed E-state index contributed by atoms with van der Waals surface area (Å²) in [5.74, 6) is 0. The summed E-state index contributed by atoms with van der Waals surface area (Å²) < 4.78 is 2.23. The number of nitrogens with zero attached hydrogens (tertiary/aromatic N) is 4. The average molecular weight is 412 g/mol. The van der Waals surface area contributed by atoms with E-state index in [9.17, 15) is 0 Å². The Labute approximate surface area is 181 Å². The first-order valence-corrected chi connectivity index (χ1v) is 10.3. The zero-order chi connectivity index (χ0) is 20.3. The van der Waals surface area contributed by atoms with Crippen LogP contribution < -0.4 is 5.32 Å². The molecule has 148 valence electrons. The van der Waals surface area contributed by atoms with Crippen molar-refractivity contribution in [3.05, 3.63) is 115 Å². The lowest BCUT2D eigenvalue weighted by atomic mass is 10.0. The molecule has 6 heteroatoms. The Bertz CT molecular complexity index is 1130. The van der Waals surface area contributed by atoms with Gasteiger partial charge in [-0.3, -0.25) is 9.97 Å². The van der Waals surface area contributed by atoms with Crippen LogP contribution in [0.5, 0.6) is 0 Å². The number of hydrogen-bond acceptors (Lipinski definition) is 3. The molecule has 0 unspecified atom stereocenters. The van der Waals surface area contributed by atoms with Gasteiger partial charge in [0.25, 0.3) is 0 Å². The first kappa shape index (κ1) is 18.5. The lowest BCUT2D eigenvalue weighted by molar-refractivity contribution is 0.302. The van der Waals surface area contributed by atoms with Gasteiger partial charge in [0.1, 0.15) is 0 Å². The van der Waals surface area contributed by atoms with E-state index in [0.29, 0.717) is 6.54 Å². The number of aromatic nitrogens is 3. The van der Waals surface area contributed by atoms with Gasteiger partial charge in [-0.25, -0.2) is 0 Å². The average Bonchev–Trinajstić information content (AvgIpc) is 3.40. The Hall–Kier alpha value is -3.51. The molecule has 5 nitrogen and oxygen atoms in total. The van der Waals surface area contributed by atoms with Crippen LogP contribution in [-0.2, 0) is 6.54 Å². The van der Waals surface area contributed by atoms with Gasteiger partial charge in [0.15, 0.2) is 5.11 Å². The molecule has 0 radical (unpaired) electrons. The Morgan fingerprint density at radius 1 is 0.900 bits per heavy atom. The molecule has 5 rings (SSSR count). The number of nitrogens with one attached hydrogen (secondary N) is 1. The molecule has 1 saturated heterocycles. The molecular formula is C24H21N5S. The summed E-state index contributed by atoms with van der Waals surface area (Å²) in [7, 11) is 0. The number of rotatable bonds is 5. The fourth-order valence-corrected chi connectivity index (χ4v) is 4.35. The van der Waals surface area contributed by atoms with Crippen LogP contribution in [0.25, 0.3) is 5.69 Å². The van der Waals surface area contributed by atoms with Crippen molar-refractivity contribution in [2.24, 2.45) is 0 Å². The van der Waals surface area contributed by atoms with E-state index in [4.69, 9.17) is 12.2 Å². The highest BCUT2D eigenvalue weighted by Gasteiger charge is 2.41. The molecule has 1 aliphatic heterocycles. The lowest BCUT2D eigenvalue weighted by Crippen LogP contribution is -2.30. The van der Waals surface area contributed by atoms with Crippen molar-refractivity contribution in [1.82, 2.24) is 24.8 Å². The number of para-hydroxylation sites is 1. The molecule has 0 spiro atoms. The Morgan fingerprint density at radius 2 is 1.77 bits per heavy atom. The Kier molecular flexibility index (Phi) is 4.99. The zero-order valence-electron chi connectivity index (χ0n) is 16.3. The highest BCUT2D eigenvalue weighted by Crippen LogP contribution is 2.40. The largest absolute Gasteiger partial charge is 0.352 e. The van der Waals surface area contributed by atoms with E-state index in [0.717, 1.165) is 27.8 Å². The quantitative estimate of drug-likeness (QED) is 0.492. The van der Waals surface area contributed by atoms with Crippen LogP contribution in [0.4, 0.5) is 0 Å². The SMILES string of the molecule is S=C1N[C@@H](c2ccccn2)[C@@H](c2cccn2-c2ccccc2)N1Cc1cccnc1. The molecule has 1 fully saturated rings. The number of thiocarbonyl (C=S) groups is 1. The van der Waals surface area contributed by atoms with Gasteiger partial charge in [-0.1, -0.05) is 30.3 Å². The topological polar surface area (TPSA) is 46.0 Å². The van der Waals surface area contributed by atoms with Crippen LogP contribution in [0, 0.1) is 0 Å². The monoisotopic (exact) mass is 411 g/mol. The molecule has 0 amide bonds. The lowest BCUT2D eigenvalue weighted by Gasteiger charge is -2.29. The minimum atomic E-state index is -0.0484. The van der Waals surface area contributed by atoms with E-state index < -0.39 is 0 Å². The second-order valence-electron chi connectivity index (χ2n) is 7.25. The highest BCUT2D eigenvalue weighted by atomic mass is 32.1. The van der Waals surface area contributed by atoms with E-state index in [2.05, 4.69) is 79.5 Å². The van der Waals surface area contributed by atoms with Crippen LogP contribution in [-0.4, -0.2) is 24.5 Å². The van der Waals surface area contributed by atoms with Crippen molar-refractivity contribution < 1.29 is 0 Å². The molecule has 3 aromatic heterocycles. The second kappa shape index (κ2) is 8.08. The van der Waals surface area contributed by atoms with E-state index >= 15 is 0 Å². The predicted octanol–water partition coefficient (Wildman–Crippen LogP) is 4.44. The van der Waals surface area contributed by atoms with Gasteiger partial charge in [0.05, 0.1) is 17.8 Å². The van der Waals surface area contributed by atoms with Crippen LogP contribution in [0.1, 0.15) is 29.0 Å². The van der Waals surface area contributed by atoms with Gasteiger partial charge in [0, 0.05) is 42.7 Å². The maximum absolute atomic E-state index is 5.79. The van der Waals surface area contributed by atoms with Gasteiger partial charge >= 0.3 is 0 Å². The molecule has 1 aromatic carbocycles. The van der Waals surface area contributed by atoms with Crippen LogP contribution in [0.2, 0.25) is 0 Å². The summed E-state index contributed by atoms with van der Waals surface area (Å²) >= 11 is 5.79. The van der Waals surface area contributed by atoms with E-state index in [-0.39, 0.29) is 12.1 Å². The van der Waals surface area contributed by atoms with Crippen molar-refractivity contribution in [3.63, 3.8) is 0 Å². The molecule has 2 atom stereocenters. The summed E-state index contributed by atoms with van der Waals surface area (Å²) in [4.78, 5) is 11.1. The standard InChI is InChI=1S/C24H21N5S/c30-24-27-22(20-11-4-5-14-26-20)23(29(24)17-18-8-6-13-25-16-18)21-12-7-15-28(21)19-9-2-1-3-10-19/h1-16,22-23H,17H2,(H,27,30)/t22-,23+/m0/s1. The van der Waals surface area contributed by atoms with Crippen molar-refractivity contribution in [2.75, 3.05) is 0 Å². The molecule has 1 aliphatic rings. The van der Waals surface area contributed by atoms with Gasteiger partial charge in [-0.05, 0) is 60.2 Å². The molecular weight excluding hydrogens is 390 g/mol. The van der Waals surface area contributed by atoms with Crippen molar-refractivity contribution >= 4 is 17.3 Å². The smallest absolute Gasteiger partial charge is 0.170 e. The number of benzene rings is 1. The van der Waals surface area contributed by atoms with Crippen molar-refractivity contribution in [2.45, 2.75) is 18.6 Å². The molecule has 0 aliphatic carbocycles. The molecule has 30 heavy (non-hydrogen) atoms. The highest BCUT2D eigenvalue weighted by molar-refractivity contribution is 7.80. The molecule has 0 bridgehead atoms. The summed E-state index contributed by atoms with van der Waals surface area (Å²) in [6, 6.07) is 24.6. The molecule has 4 aromatic rings. The Balaban J connectivity index is 1.60. The third kappa shape index (κ3) is 3.46. The first-order chi connectivity index (χ1) is 14.8. The first-order valence-electron chi connectivity index (χ1n) is 9.91. The summed E-state index contributed by atoms with van der Waals surface area (Å²) in [6.45, 7) is 0.674. The number of pyridine rings is 2. The van der Waals surface area contributed by atoms with Crippen LogP contribution in [0.15, 0.2) is 97.6 Å². The van der Waals surface area contributed by atoms with E-state index in [1.54, 1.807) is 6.20 Å². The van der Waals surface area contributed by atoms with Gasteiger partial charge in [-0.2, -0.15) is 0 Å². The fraction of sp³-hybridized carbons (Fsp3) is 0.125. The maximum Gasteiger partial charge on any atom is 0.170 e. The minimum absolute atomic E-state index is 0.0113.